The molecule has 4 nitrogen and oxygen atoms in total. The third-order valence-corrected chi connectivity index (χ3v) is 4.68. The van der Waals surface area contributed by atoms with Gasteiger partial charge < -0.3 is 4.90 Å². The molecule has 21 heavy (non-hydrogen) atoms. The van der Waals surface area contributed by atoms with Crippen molar-refractivity contribution >= 4 is 5.91 Å². The van der Waals surface area contributed by atoms with Crippen LogP contribution in [0.2, 0.25) is 0 Å². The predicted octanol–water partition coefficient (Wildman–Crippen LogP) is 2.31. The number of rotatable bonds is 3. The number of aromatic nitrogens is 1. The van der Waals surface area contributed by atoms with Crippen molar-refractivity contribution < 1.29 is 4.79 Å². The largest absolute Gasteiger partial charge is 0.342 e. The number of likely N-dealkylation sites (tertiary alicyclic amines) is 2. The number of piperidine rings is 2. The van der Waals surface area contributed by atoms with Gasteiger partial charge in [0, 0.05) is 38.6 Å². The van der Waals surface area contributed by atoms with Crippen molar-refractivity contribution in [1.29, 1.82) is 0 Å². The molecule has 0 saturated carbocycles. The fourth-order valence-electron chi connectivity index (χ4n) is 3.52. The molecule has 1 aromatic heterocycles. The van der Waals surface area contributed by atoms with E-state index in [1.165, 1.54) is 24.8 Å². The van der Waals surface area contributed by atoms with Crippen LogP contribution in [0.3, 0.4) is 0 Å². The van der Waals surface area contributed by atoms with E-state index in [-0.39, 0.29) is 5.92 Å². The summed E-state index contributed by atoms with van der Waals surface area (Å²) in [5.74, 6) is 0.604. The van der Waals surface area contributed by atoms with Gasteiger partial charge in [-0.25, -0.2) is 0 Å². The zero-order chi connectivity index (χ0) is 14.5. The molecule has 3 rings (SSSR count). The Morgan fingerprint density at radius 3 is 2.62 bits per heavy atom. The summed E-state index contributed by atoms with van der Waals surface area (Å²) in [5.41, 5.74) is 1.29. The number of nitrogens with zero attached hydrogens (tertiary/aromatic N) is 3. The first-order valence-electron chi connectivity index (χ1n) is 8.23. The van der Waals surface area contributed by atoms with Crippen LogP contribution < -0.4 is 0 Å². The highest BCUT2D eigenvalue weighted by atomic mass is 16.2. The molecule has 0 aliphatic carbocycles. The molecule has 1 atom stereocenters. The minimum atomic E-state index is 0.207. The lowest BCUT2D eigenvalue weighted by atomic mass is 9.95. The Kier molecular flexibility index (Phi) is 4.86. The summed E-state index contributed by atoms with van der Waals surface area (Å²) in [6.07, 6.45) is 9.52. The summed E-state index contributed by atoms with van der Waals surface area (Å²) >= 11 is 0. The molecule has 1 amide bonds. The quantitative estimate of drug-likeness (QED) is 0.856. The van der Waals surface area contributed by atoms with E-state index < -0.39 is 0 Å². The number of carbonyl (C=O) groups is 1. The Hall–Kier alpha value is -1.42. The fraction of sp³-hybridized carbons (Fsp3) is 0.647. The second-order valence-corrected chi connectivity index (χ2v) is 6.32. The predicted molar refractivity (Wildman–Crippen MR) is 82.7 cm³/mol. The summed E-state index contributed by atoms with van der Waals surface area (Å²) in [4.78, 5) is 21.2. The Bertz CT molecular complexity index is 456. The van der Waals surface area contributed by atoms with Crippen molar-refractivity contribution in [2.75, 3.05) is 26.2 Å². The smallest absolute Gasteiger partial charge is 0.226 e. The van der Waals surface area contributed by atoms with E-state index in [0.29, 0.717) is 5.91 Å². The number of amides is 1. The Morgan fingerprint density at radius 2 is 1.86 bits per heavy atom. The first kappa shape index (κ1) is 14.5. The maximum absolute atomic E-state index is 12.6. The van der Waals surface area contributed by atoms with Crippen molar-refractivity contribution in [3.63, 3.8) is 0 Å². The Labute approximate surface area is 127 Å². The van der Waals surface area contributed by atoms with Gasteiger partial charge in [-0.1, -0.05) is 0 Å². The Morgan fingerprint density at radius 1 is 1.10 bits per heavy atom. The summed E-state index contributed by atoms with van der Waals surface area (Å²) in [6, 6.07) is 4.13. The fourth-order valence-corrected chi connectivity index (χ4v) is 3.52. The van der Waals surface area contributed by atoms with Crippen molar-refractivity contribution in [2.45, 2.75) is 38.6 Å². The van der Waals surface area contributed by atoms with Gasteiger partial charge in [-0.2, -0.15) is 0 Å². The number of hydrogen-bond acceptors (Lipinski definition) is 3. The molecule has 0 aromatic carbocycles. The third-order valence-electron chi connectivity index (χ3n) is 4.68. The van der Waals surface area contributed by atoms with Crippen LogP contribution in [0.4, 0.5) is 0 Å². The molecular formula is C17H25N3O. The van der Waals surface area contributed by atoms with Crippen LogP contribution in [0, 0.1) is 5.92 Å². The zero-order valence-corrected chi connectivity index (χ0v) is 12.7. The van der Waals surface area contributed by atoms with E-state index >= 15 is 0 Å². The molecule has 0 N–H and O–H groups in total. The van der Waals surface area contributed by atoms with Crippen LogP contribution in [-0.4, -0.2) is 46.9 Å². The zero-order valence-electron chi connectivity index (χ0n) is 12.7. The molecular weight excluding hydrogens is 262 g/mol. The number of hydrogen-bond donors (Lipinski definition) is 0. The molecule has 2 aliphatic rings. The van der Waals surface area contributed by atoms with Gasteiger partial charge in [-0.05, 0) is 56.3 Å². The van der Waals surface area contributed by atoms with Crippen LogP contribution in [0.15, 0.2) is 24.5 Å². The minimum absolute atomic E-state index is 0.207. The van der Waals surface area contributed by atoms with Crippen molar-refractivity contribution in [3.05, 3.63) is 30.1 Å². The monoisotopic (exact) mass is 287 g/mol. The SMILES string of the molecule is O=C(C1CCCN(Cc2ccncc2)C1)N1CCCCC1. The first-order valence-corrected chi connectivity index (χ1v) is 8.23. The van der Waals surface area contributed by atoms with Crippen LogP contribution in [0.1, 0.15) is 37.7 Å². The van der Waals surface area contributed by atoms with Gasteiger partial charge in [-0.15, -0.1) is 0 Å². The van der Waals surface area contributed by atoms with E-state index in [1.54, 1.807) is 0 Å². The van der Waals surface area contributed by atoms with Crippen molar-refractivity contribution in [3.8, 4) is 0 Å². The second kappa shape index (κ2) is 7.03. The molecule has 2 fully saturated rings. The molecule has 1 unspecified atom stereocenters. The van der Waals surface area contributed by atoms with Crippen molar-refractivity contribution in [2.24, 2.45) is 5.92 Å². The van der Waals surface area contributed by atoms with E-state index in [4.69, 9.17) is 0 Å². The topological polar surface area (TPSA) is 36.4 Å². The lowest BCUT2D eigenvalue weighted by molar-refractivity contribution is -0.138. The summed E-state index contributed by atoms with van der Waals surface area (Å²) < 4.78 is 0. The highest BCUT2D eigenvalue weighted by molar-refractivity contribution is 5.79. The second-order valence-electron chi connectivity index (χ2n) is 6.32. The van der Waals surface area contributed by atoms with Gasteiger partial charge >= 0.3 is 0 Å². The van der Waals surface area contributed by atoms with Crippen LogP contribution in [-0.2, 0) is 11.3 Å². The van der Waals surface area contributed by atoms with E-state index in [0.717, 1.165) is 45.6 Å². The Balaban J connectivity index is 1.56. The van der Waals surface area contributed by atoms with Crippen LogP contribution >= 0.6 is 0 Å². The molecule has 0 bridgehead atoms. The van der Waals surface area contributed by atoms with Gasteiger partial charge in [0.25, 0.3) is 0 Å². The molecule has 2 aliphatic heterocycles. The lowest BCUT2D eigenvalue weighted by Crippen LogP contribution is -2.46. The highest BCUT2D eigenvalue weighted by Gasteiger charge is 2.29. The van der Waals surface area contributed by atoms with Gasteiger partial charge in [0.05, 0.1) is 5.92 Å². The maximum Gasteiger partial charge on any atom is 0.226 e. The summed E-state index contributed by atoms with van der Waals surface area (Å²) in [6.45, 7) is 4.90. The number of carbonyl (C=O) groups excluding carboxylic acids is 1. The average molecular weight is 287 g/mol. The third kappa shape index (κ3) is 3.82. The maximum atomic E-state index is 12.6. The van der Waals surface area contributed by atoms with Crippen molar-refractivity contribution in [1.82, 2.24) is 14.8 Å². The highest BCUT2D eigenvalue weighted by Crippen LogP contribution is 2.22. The lowest BCUT2D eigenvalue weighted by Gasteiger charge is -2.36. The molecule has 3 heterocycles. The van der Waals surface area contributed by atoms with Crippen LogP contribution in [0.5, 0.6) is 0 Å². The van der Waals surface area contributed by atoms with E-state index in [2.05, 4.69) is 26.9 Å². The molecule has 0 spiro atoms. The average Bonchev–Trinajstić information content (AvgIpc) is 2.56. The van der Waals surface area contributed by atoms with Gasteiger partial charge in [0.2, 0.25) is 5.91 Å². The summed E-state index contributed by atoms with van der Waals surface area (Å²) in [7, 11) is 0. The summed E-state index contributed by atoms with van der Waals surface area (Å²) in [5, 5.41) is 0. The normalized spacial score (nSPS) is 24.0. The molecule has 1 aromatic rings. The minimum Gasteiger partial charge on any atom is -0.342 e. The van der Waals surface area contributed by atoms with Gasteiger partial charge in [0.1, 0.15) is 0 Å². The molecule has 114 valence electrons. The first-order chi connectivity index (χ1) is 10.3. The number of pyridine rings is 1. The van der Waals surface area contributed by atoms with E-state index in [9.17, 15) is 4.79 Å². The molecule has 0 radical (unpaired) electrons. The van der Waals surface area contributed by atoms with Crippen LogP contribution in [0.25, 0.3) is 0 Å². The molecule has 2 saturated heterocycles. The van der Waals surface area contributed by atoms with Gasteiger partial charge in [0.15, 0.2) is 0 Å². The van der Waals surface area contributed by atoms with Gasteiger partial charge in [-0.3, -0.25) is 14.7 Å². The van der Waals surface area contributed by atoms with E-state index in [1.807, 2.05) is 12.4 Å². The standard InChI is InChI=1S/C17H25N3O/c21-17(20-11-2-1-3-12-20)16-5-4-10-19(14-16)13-15-6-8-18-9-7-15/h6-9,16H,1-5,10-14H2. The molecule has 4 heteroatoms.